The number of anilines is 12. The lowest BCUT2D eigenvalue weighted by Gasteiger charge is -2.58. The van der Waals surface area contributed by atoms with E-state index in [1.54, 1.807) is 0 Å². The van der Waals surface area contributed by atoms with Crippen molar-refractivity contribution in [1.29, 1.82) is 0 Å². The number of benzene rings is 13. The third-order valence-corrected chi connectivity index (χ3v) is 25.5. The topological polar surface area (TPSA) is 16.2 Å². The lowest BCUT2D eigenvalue weighted by molar-refractivity contribution is 0.0900. The van der Waals surface area contributed by atoms with Gasteiger partial charge in [-0.1, -0.05) is 300 Å². The number of fused-ring (bicyclic) bond motifs is 8. The zero-order chi connectivity index (χ0) is 73.3. The molecule has 2 saturated carbocycles. The number of allylic oxidation sites excluding steroid dienone is 7. The molecule has 110 heavy (non-hydrogen) atoms. The summed E-state index contributed by atoms with van der Waals surface area (Å²) in [4.78, 5) is 13.8. The Morgan fingerprint density at radius 2 is 0.855 bits per heavy atom. The van der Waals surface area contributed by atoms with Gasteiger partial charge >= 0.3 is 0 Å². The van der Waals surface area contributed by atoms with Crippen LogP contribution in [0.3, 0.4) is 0 Å². The summed E-state index contributed by atoms with van der Waals surface area (Å²) in [5.74, 6) is 1.60. The van der Waals surface area contributed by atoms with Crippen LogP contribution in [0.1, 0.15) is 69.6 Å². The molecule has 6 heterocycles. The van der Waals surface area contributed by atoms with Gasteiger partial charge in [-0.2, -0.15) is 0 Å². The maximum absolute atomic E-state index is 4.11. The first-order valence-corrected chi connectivity index (χ1v) is 39.8. The van der Waals surface area contributed by atoms with Crippen LogP contribution in [0.2, 0.25) is 0 Å². The molecule has 7 heteroatoms. The molecule has 0 radical (unpaired) electrons. The Balaban J connectivity index is 0.878. The van der Waals surface area contributed by atoms with Crippen LogP contribution in [0.15, 0.2) is 364 Å². The van der Waals surface area contributed by atoms with Crippen molar-refractivity contribution in [3.05, 3.63) is 381 Å². The zero-order valence-corrected chi connectivity index (χ0v) is 62.6. The summed E-state index contributed by atoms with van der Waals surface area (Å²) in [5.41, 5.74) is 34.5. The van der Waals surface area contributed by atoms with Crippen LogP contribution in [0.25, 0.3) is 39.0 Å². The van der Waals surface area contributed by atoms with E-state index in [1.807, 2.05) is 12.2 Å². The molecule has 0 N–H and O–H groups in total. The van der Waals surface area contributed by atoms with Crippen molar-refractivity contribution in [1.82, 2.24) is 0 Å². The van der Waals surface area contributed by atoms with Crippen LogP contribution in [0, 0.1) is 11.8 Å². The van der Waals surface area contributed by atoms with Gasteiger partial charge in [0.2, 0.25) is 0 Å². The molecular formula is C103H85B2N5. The van der Waals surface area contributed by atoms with E-state index in [2.05, 4.69) is 392 Å². The first-order valence-electron chi connectivity index (χ1n) is 39.8. The highest BCUT2D eigenvalue weighted by atomic mass is 15.2. The highest BCUT2D eigenvalue weighted by Crippen LogP contribution is 2.57. The average molecular weight is 1410 g/mol. The van der Waals surface area contributed by atoms with Crippen molar-refractivity contribution in [2.75, 3.05) is 31.0 Å². The van der Waals surface area contributed by atoms with Gasteiger partial charge in [0.25, 0.3) is 13.4 Å². The highest BCUT2D eigenvalue weighted by Gasteiger charge is 2.53. The zero-order valence-electron chi connectivity index (χ0n) is 62.6. The van der Waals surface area contributed by atoms with E-state index in [4.69, 9.17) is 0 Å². The molecule has 4 bridgehead atoms. The van der Waals surface area contributed by atoms with Crippen LogP contribution < -0.4 is 57.3 Å². The summed E-state index contributed by atoms with van der Waals surface area (Å²) in [6.45, 7) is 11.5. The molecule has 9 aliphatic rings. The van der Waals surface area contributed by atoms with Crippen molar-refractivity contribution < 1.29 is 0 Å². The second kappa shape index (κ2) is 26.2. The Morgan fingerprint density at radius 3 is 1.42 bits per heavy atom. The lowest BCUT2D eigenvalue weighted by atomic mass is 9.30. The molecule has 6 aliphatic heterocycles. The van der Waals surface area contributed by atoms with E-state index in [0.29, 0.717) is 18.6 Å². The Hall–Kier alpha value is -12.3. The van der Waals surface area contributed by atoms with E-state index in [1.165, 1.54) is 166 Å². The summed E-state index contributed by atoms with van der Waals surface area (Å²) >= 11 is 0. The predicted molar refractivity (Wildman–Crippen MR) is 467 cm³/mol. The second-order valence-electron chi connectivity index (χ2n) is 32.8. The third-order valence-electron chi connectivity index (χ3n) is 25.5. The van der Waals surface area contributed by atoms with Gasteiger partial charge in [-0.3, -0.25) is 0 Å². The summed E-state index contributed by atoms with van der Waals surface area (Å²) < 4.78 is 0. The maximum Gasteiger partial charge on any atom is 0.252 e. The summed E-state index contributed by atoms with van der Waals surface area (Å²) in [5, 5.41) is 0. The Morgan fingerprint density at radius 1 is 0.391 bits per heavy atom. The first kappa shape index (κ1) is 65.9. The summed E-state index contributed by atoms with van der Waals surface area (Å²) in [7, 11) is 0. The number of piperidine rings is 2. The van der Waals surface area contributed by atoms with Gasteiger partial charge in [0.1, 0.15) is 0 Å². The smallest absolute Gasteiger partial charge is 0.252 e. The van der Waals surface area contributed by atoms with Crippen LogP contribution >= 0.6 is 0 Å². The monoisotopic (exact) mass is 1410 g/mol. The largest absolute Gasteiger partial charge is 0.365 e. The Kier molecular flexibility index (Phi) is 15.7. The molecule has 3 aliphatic carbocycles. The molecule has 22 rings (SSSR count). The molecule has 13 aromatic rings. The first-order chi connectivity index (χ1) is 54.1. The maximum atomic E-state index is 4.11. The SMILES string of the molecule is C=C/C=C\C=CC1=CC(c2ccccc2)=C[C@@]1(CN1c2cc3c(cc2B2c4ccccc4N(c4ccccc4)c4cc(N5C6CC7CC(C6)CC5C7)cc1c42)B1c2ccccc2N(c2c(-c4ccccc4)cc(-c4ccccc4)cc2-c2ccccc2)c2cc(C(C)(C)C)cc(c21)N3c1ccccc1)c1ccccc1. The predicted octanol–water partition coefficient (Wildman–Crippen LogP) is 21.8. The Labute approximate surface area is 648 Å². The minimum absolute atomic E-state index is 0.157. The van der Waals surface area contributed by atoms with Gasteiger partial charge in [0.15, 0.2) is 0 Å². The third kappa shape index (κ3) is 10.7. The standard InChI is InChI=1S/C103H85B2N5/c1-5-6-7-23-44-78-58-76(72-36-17-9-18-37-72)67-103(78,77-42-24-12-25-43-77)68-106-93-66-94-90(65-89(93)104-87-49-30-32-51-91(87)108(80-45-26-13-27-46-80)98-64-84(63-95(106)99(98)104)107-82-54-69-53-70(56-82)57-83(107)55-69)105-88-50-31-33-52-92(88)110(97-62-79(102(2,3)4)61-96(100(97)105)109(94)81-47-28-14-29-48-81)101-85(73-38-19-10-20-39-73)59-75(71-34-15-8-16-35-71)60-86(101)74-40-21-11-22-41-74/h5-52,58-67,69-70,82-83H,1,53-57,68H2,2-4H3/b7-6-,44-23?/t69?,70?,82?,83?,103-/m1/s1. The van der Waals surface area contributed by atoms with Crippen LogP contribution in [-0.4, -0.2) is 32.1 Å². The molecule has 0 spiro atoms. The van der Waals surface area contributed by atoms with Gasteiger partial charge < -0.3 is 24.5 Å². The molecule has 13 aromatic carbocycles. The number of rotatable bonds is 14. The van der Waals surface area contributed by atoms with Crippen molar-refractivity contribution >= 4 is 120 Å². The van der Waals surface area contributed by atoms with Gasteiger partial charge in [0.05, 0.1) is 11.1 Å². The summed E-state index contributed by atoms with van der Waals surface area (Å²) in [6, 6.07) is 119. The molecule has 0 unspecified atom stereocenters. The van der Waals surface area contributed by atoms with Gasteiger partial charge in [-0.05, 0) is 211 Å². The summed E-state index contributed by atoms with van der Waals surface area (Å²) in [6.07, 6.45) is 22.2. The quantitative estimate of drug-likeness (QED) is 0.0794. The minimum Gasteiger partial charge on any atom is -0.365 e. The fraction of sp³-hybridized carbons (Fsp3) is 0.146. The van der Waals surface area contributed by atoms with Gasteiger partial charge in [-0.15, -0.1) is 0 Å². The van der Waals surface area contributed by atoms with Crippen molar-refractivity contribution in [2.24, 2.45) is 11.8 Å². The molecule has 0 aromatic heterocycles. The molecule has 4 fully saturated rings. The van der Waals surface area contributed by atoms with E-state index >= 15 is 0 Å². The fourth-order valence-corrected chi connectivity index (χ4v) is 20.9. The number of para-hydroxylation sites is 4. The molecule has 528 valence electrons. The Bertz CT molecular complexity index is 5840. The molecule has 5 nitrogen and oxygen atoms in total. The van der Waals surface area contributed by atoms with Crippen molar-refractivity contribution in [3.8, 4) is 33.4 Å². The number of hydrogen-bond acceptors (Lipinski definition) is 5. The van der Waals surface area contributed by atoms with Gasteiger partial charge in [-0.25, -0.2) is 0 Å². The van der Waals surface area contributed by atoms with Crippen molar-refractivity contribution in [3.63, 3.8) is 0 Å². The molecular weight excluding hydrogens is 1330 g/mol. The lowest BCUT2D eigenvalue weighted by Crippen LogP contribution is -2.66. The van der Waals surface area contributed by atoms with Crippen LogP contribution in [0.4, 0.5) is 68.2 Å². The van der Waals surface area contributed by atoms with E-state index in [-0.39, 0.29) is 18.8 Å². The van der Waals surface area contributed by atoms with Crippen molar-refractivity contribution in [2.45, 2.75) is 75.8 Å². The van der Waals surface area contributed by atoms with Crippen LogP contribution in [0.5, 0.6) is 0 Å². The minimum atomic E-state index is -0.674. The van der Waals surface area contributed by atoms with Crippen LogP contribution in [-0.2, 0) is 10.8 Å². The highest BCUT2D eigenvalue weighted by molar-refractivity contribution is 7.03. The fourth-order valence-electron chi connectivity index (χ4n) is 20.9. The molecule has 2 saturated heterocycles. The molecule has 0 amide bonds. The van der Waals surface area contributed by atoms with E-state index in [0.717, 1.165) is 40.0 Å². The normalized spacial score (nSPS) is 19.4. The van der Waals surface area contributed by atoms with E-state index < -0.39 is 5.41 Å². The average Bonchev–Trinajstić information content (AvgIpc) is 1.54. The van der Waals surface area contributed by atoms with Gasteiger partial charge in [0, 0.05) is 92.3 Å². The number of hydrogen-bond donors (Lipinski definition) is 0. The second-order valence-corrected chi connectivity index (χ2v) is 32.8. The molecule has 1 atom stereocenters. The number of nitrogens with zero attached hydrogens (tertiary/aromatic N) is 5. The van der Waals surface area contributed by atoms with E-state index in [9.17, 15) is 0 Å².